The highest BCUT2D eigenvalue weighted by atomic mass is 32.2. The van der Waals surface area contributed by atoms with Crippen molar-refractivity contribution in [3.63, 3.8) is 0 Å². The molecule has 0 radical (unpaired) electrons. The third-order valence-electron chi connectivity index (χ3n) is 4.94. The Morgan fingerprint density at radius 2 is 1.80 bits per heavy atom. The molecule has 0 spiro atoms. The van der Waals surface area contributed by atoms with Crippen molar-refractivity contribution in [1.29, 1.82) is 0 Å². The van der Waals surface area contributed by atoms with Crippen LogP contribution >= 0.6 is 11.8 Å². The molecule has 3 rings (SSSR count). The number of carbonyl (C=O) groups excluding carboxylic acids is 2. The molecule has 1 heterocycles. The number of thioether (sulfide) groups is 1. The van der Waals surface area contributed by atoms with Crippen LogP contribution in [0.2, 0.25) is 0 Å². The second-order valence-corrected chi connectivity index (χ2v) is 8.86. The zero-order valence-corrected chi connectivity index (χ0v) is 19.0. The molecule has 0 N–H and O–H groups in total. The standard InChI is InChI=1S/C24H28N2O3S/c1-16(2)20-11-6-17(3)14-21(20)29-13-12-26-23(27)22(30-24(26)28)15-18-7-9-19(10-8-18)25(4)5/h6-11,14-16H,12-13H2,1-5H3/b22-15-. The van der Waals surface area contributed by atoms with Gasteiger partial charge in [0.25, 0.3) is 11.1 Å². The molecule has 5 nitrogen and oxygen atoms in total. The average molecular weight is 425 g/mol. The molecule has 0 atom stereocenters. The number of carbonyl (C=O) groups is 2. The summed E-state index contributed by atoms with van der Waals surface area (Å²) in [4.78, 5) is 28.8. The van der Waals surface area contributed by atoms with Crippen molar-refractivity contribution < 1.29 is 14.3 Å². The third kappa shape index (κ3) is 5.05. The molecule has 0 aromatic heterocycles. The van der Waals surface area contributed by atoms with Gasteiger partial charge in [-0.1, -0.05) is 38.1 Å². The van der Waals surface area contributed by atoms with Gasteiger partial charge in [-0.25, -0.2) is 0 Å². The largest absolute Gasteiger partial charge is 0.491 e. The van der Waals surface area contributed by atoms with Gasteiger partial charge < -0.3 is 9.64 Å². The first-order valence-electron chi connectivity index (χ1n) is 10.0. The van der Waals surface area contributed by atoms with Crippen molar-refractivity contribution in [2.75, 3.05) is 32.1 Å². The number of amides is 2. The minimum absolute atomic E-state index is 0.229. The minimum Gasteiger partial charge on any atom is -0.491 e. The van der Waals surface area contributed by atoms with Crippen LogP contribution in [0.3, 0.4) is 0 Å². The molecule has 1 saturated heterocycles. The van der Waals surface area contributed by atoms with Gasteiger partial charge in [0, 0.05) is 19.8 Å². The van der Waals surface area contributed by atoms with E-state index in [9.17, 15) is 9.59 Å². The van der Waals surface area contributed by atoms with Gasteiger partial charge in [0.2, 0.25) is 0 Å². The van der Waals surface area contributed by atoms with Gasteiger partial charge in [-0.2, -0.15) is 0 Å². The van der Waals surface area contributed by atoms with Crippen LogP contribution in [0.25, 0.3) is 6.08 Å². The Kier molecular flexibility index (Phi) is 6.87. The molecule has 30 heavy (non-hydrogen) atoms. The smallest absolute Gasteiger partial charge is 0.293 e. The topological polar surface area (TPSA) is 49.9 Å². The minimum atomic E-state index is -0.265. The number of ether oxygens (including phenoxy) is 1. The number of benzene rings is 2. The van der Waals surface area contributed by atoms with Crippen LogP contribution in [0, 0.1) is 6.92 Å². The maximum atomic E-state index is 12.7. The molecule has 0 unspecified atom stereocenters. The molecule has 0 aliphatic carbocycles. The maximum absolute atomic E-state index is 12.7. The predicted octanol–water partition coefficient (Wildman–Crippen LogP) is 5.30. The van der Waals surface area contributed by atoms with E-state index < -0.39 is 0 Å². The fourth-order valence-electron chi connectivity index (χ4n) is 3.20. The summed E-state index contributed by atoms with van der Waals surface area (Å²) in [7, 11) is 3.95. The first kappa shape index (κ1) is 22.0. The summed E-state index contributed by atoms with van der Waals surface area (Å²) in [5.41, 5.74) is 4.21. The zero-order valence-electron chi connectivity index (χ0n) is 18.1. The van der Waals surface area contributed by atoms with E-state index in [1.807, 2.05) is 56.3 Å². The van der Waals surface area contributed by atoms with E-state index in [2.05, 4.69) is 26.0 Å². The van der Waals surface area contributed by atoms with E-state index in [4.69, 9.17) is 4.74 Å². The van der Waals surface area contributed by atoms with Crippen molar-refractivity contribution in [3.05, 3.63) is 64.1 Å². The molecule has 1 fully saturated rings. The number of aryl methyl sites for hydroxylation is 1. The summed E-state index contributed by atoms with van der Waals surface area (Å²) in [6, 6.07) is 14.0. The van der Waals surface area contributed by atoms with Crippen LogP contribution in [0.1, 0.15) is 36.5 Å². The van der Waals surface area contributed by atoms with Crippen LogP contribution < -0.4 is 9.64 Å². The SMILES string of the molecule is Cc1ccc(C(C)C)c(OCCN2C(=O)S/C(=C\c3ccc(N(C)C)cc3)C2=O)c1. The Morgan fingerprint density at radius 1 is 1.10 bits per heavy atom. The summed E-state index contributed by atoms with van der Waals surface area (Å²) < 4.78 is 5.95. The van der Waals surface area contributed by atoms with Crippen molar-refractivity contribution in [1.82, 2.24) is 4.90 Å². The maximum Gasteiger partial charge on any atom is 0.293 e. The number of hydrogen-bond acceptors (Lipinski definition) is 5. The van der Waals surface area contributed by atoms with Crippen LogP contribution in [0.15, 0.2) is 47.4 Å². The molecule has 158 valence electrons. The molecule has 1 aliphatic rings. The second-order valence-electron chi connectivity index (χ2n) is 7.86. The van der Waals surface area contributed by atoms with Gasteiger partial charge in [-0.3, -0.25) is 14.5 Å². The fraction of sp³-hybridized carbons (Fsp3) is 0.333. The normalized spacial score (nSPS) is 15.4. The summed E-state index contributed by atoms with van der Waals surface area (Å²) in [6.45, 7) is 6.75. The Labute approximate surface area is 182 Å². The van der Waals surface area contributed by atoms with E-state index in [0.717, 1.165) is 39.9 Å². The highest BCUT2D eigenvalue weighted by Gasteiger charge is 2.34. The Balaban J connectivity index is 1.65. The van der Waals surface area contributed by atoms with Crippen LogP contribution in [-0.4, -0.2) is 43.3 Å². The first-order valence-corrected chi connectivity index (χ1v) is 10.8. The number of rotatable bonds is 7. The summed E-state index contributed by atoms with van der Waals surface area (Å²) in [5.74, 6) is 0.881. The fourth-order valence-corrected chi connectivity index (χ4v) is 4.07. The van der Waals surface area contributed by atoms with Crippen LogP contribution in [-0.2, 0) is 4.79 Å². The van der Waals surface area contributed by atoms with E-state index in [-0.39, 0.29) is 24.3 Å². The van der Waals surface area contributed by atoms with Crippen molar-refractivity contribution in [2.45, 2.75) is 26.7 Å². The average Bonchev–Trinajstić information content (AvgIpc) is 2.95. The first-order chi connectivity index (χ1) is 14.3. The molecule has 1 aliphatic heterocycles. The lowest BCUT2D eigenvalue weighted by molar-refractivity contribution is -0.123. The summed E-state index contributed by atoms with van der Waals surface area (Å²) in [6.07, 6.45) is 1.77. The molecule has 2 aromatic carbocycles. The quantitative estimate of drug-likeness (QED) is 0.565. The van der Waals surface area contributed by atoms with Gasteiger partial charge in [-0.15, -0.1) is 0 Å². The number of nitrogens with zero attached hydrogens (tertiary/aromatic N) is 2. The van der Waals surface area contributed by atoms with Crippen molar-refractivity contribution in [3.8, 4) is 5.75 Å². The summed E-state index contributed by atoms with van der Waals surface area (Å²) in [5, 5.41) is -0.256. The van der Waals surface area contributed by atoms with Crippen molar-refractivity contribution >= 4 is 34.7 Å². The molecular formula is C24H28N2O3S. The van der Waals surface area contributed by atoms with Gasteiger partial charge in [-0.05, 0) is 65.6 Å². The second kappa shape index (κ2) is 9.39. The highest BCUT2D eigenvalue weighted by molar-refractivity contribution is 8.18. The molecule has 0 bridgehead atoms. The van der Waals surface area contributed by atoms with Crippen LogP contribution in [0.5, 0.6) is 5.75 Å². The Morgan fingerprint density at radius 3 is 2.43 bits per heavy atom. The molecule has 6 heteroatoms. The predicted molar refractivity (Wildman–Crippen MR) is 124 cm³/mol. The lowest BCUT2D eigenvalue weighted by Crippen LogP contribution is -2.32. The number of imide groups is 1. The van der Waals surface area contributed by atoms with E-state index >= 15 is 0 Å². The lowest BCUT2D eigenvalue weighted by Gasteiger charge is -2.17. The van der Waals surface area contributed by atoms with Gasteiger partial charge in [0.05, 0.1) is 11.4 Å². The summed E-state index contributed by atoms with van der Waals surface area (Å²) >= 11 is 0.976. The van der Waals surface area contributed by atoms with E-state index in [1.54, 1.807) is 6.08 Å². The molecular weight excluding hydrogens is 396 g/mol. The Hall–Kier alpha value is -2.73. The van der Waals surface area contributed by atoms with Gasteiger partial charge in [0.1, 0.15) is 12.4 Å². The molecule has 2 amide bonds. The van der Waals surface area contributed by atoms with Gasteiger partial charge >= 0.3 is 0 Å². The zero-order chi connectivity index (χ0) is 21.8. The van der Waals surface area contributed by atoms with Crippen molar-refractivity contribution in [2.24, 2.45) is 0 Å². The van der Waals surface area contributed by atoms with E-state index in [1.165, 1.54) is 4.90 Å². The monoisotopic (exact) mass is 424 g/mol. The van der Waals surface area contributed by atoms with Crippen LogP contribution in [0.4, 0.5) is 10.5 Å². The lowest BCUT2D eigenvalue weighted by atomic mass is 10.0. The molecule has 0 saturated carbocycles. The molecule has 2 aromatic rings. The number of hydrogen-bond donors (Lipinski definition) is 0. The highest BCUT2D eigenvalue weighted by Crippen LogP contribution is 2.33. The number of anilines is 1. The Bertz CT molecular complexity index is 965. The third-order valence-corrected chi connectivity index (χ3v) is 5.85. The van der Waals surface area contributed by atoms with E-state index in [0.29, 0.717) is 10.8 Å². The van der Waals surface area contributed by atoms with Gasteiger partial charge in [0.15, 0.2) is 0 Å².